The average Bonchev–Trinajstić information content (AvgIpc) is 3.10. The number of alkyl halides is 4. The molecule has 172 valence electrons. The van der Waals surface area contributed by atoms with Crippen molar-refractivity contribution in [1.82, 2.24) is 15.1 Å². The van der Waals surface area contributed by atoms with Gasteiger partial charge in [-0.05, 0) is 48.0 Å². The first-order valence-electron chi connectivity index (χ1n) is 9.58. The molecule has 1 aromatic carbocycles. The maximum Gasteiger partial charge on any atom is 0.413 e. The molecule has 2 unspecified atom stereocenters. The van der Waals surface area contributed by atoms with Crippen molar-refractivity contribution in [2.45, 2.75) is 37.0 Å². The fourth-order valence-electron chi connectivity index (χ4n) is 3.30. The van der Waals surface area contributed by atoms with Crippen LogP contribution in [0, 0.1) is 0 Å². The Hall–Kier alpha value is -2.46. The van der Waals surface area contributed by atoms with E-state index >= 15 is 0 Å². The Morgan fingerprint density at radius 1 is 1.34 bits per heavy atom. The summed E-state index contributed by atoms with van der Waals surface area (Å²) in [6.45, 7) is 3.94. The quantitative estimate of drug-likeness (QED) is 0.459. The highest BCUT2D eigenvalue weighted by molar-refractivity contribution is 9.10. The van der Waals surface area contributed by atoms with Crippen molar-refractivity contribution in [2.75, 3.05) is 12.4 Å². The largest absolute Gasteiger partial charge is 0.496 e. The average molecular weight is 534 g/mol. The van der Waals surface area contributed by atoms with Crippen LogP contribution in [0.3, 0.4) is 0 Å². The maximum atomic E-state index is 13.5. The zero-order valence-corrected chi connectivity index (χ0v) is 19.7. The van der Waals surface area contributed by atoms with Gasteiger partial charge in [0.05, 0.1) is 29.5 Å². The topological polar surface area (TPSA) is 68.2 Å². The molecule has 11 heteroatoms. The van der Waals surface area contributed by atoms with Gasteiger partial charge >= 0.3 is 12.2 Å². The second-order valence-electron chi connectivity index (χ2n) is 7.38. The van der Waals surface area contributed by atoms with Crippen LogP contribution < -0.4 is 15.4 Å². The molecule has 0 fully saturated rings. The number of benzene rings is 1. The second-order valence-corrected chi connectivity index (χ2v) is 8.86. The van der Waals surface area contributed by atoms with Crippen LogP contribution >= 0.6 is 27.5 Å². The van der Waals surface area contributed by atoms with Gasteiger partial charge in [0.25, 0.3) is 0 Å². The van der Waals surface area contributed by atoms with Crippen LogP contribution in [0.2, 0.25) is 0 Å². The van der Waals surface area contributed by atoms with E-state index in [9.17, 15) is 18.0 Å². The lowest BCUT2D eigenvalue weighted by Crippen LogP contribution is -2.56. The number of ether oxygens (including phenoxy) is 1. The number of halogens is 5. The van der Waals surface area contributed by atoms with Crippen molar-refractivity contribution in [3.8, 4) is 17.0 Å². The van der Waals surface area contributed by atoms with Gasteiger partial charge in [-0.15, -0.1) is 11.6 Å². The lowest BCUT2D eigenvalue weighted by molar-refractivity contribution is -0.153. The lowest BCUT2D eigenvalue weighted by Gasteiger charge is -2.34. The minimum atomic E-state index is -4.76. The van der Waals surface area contributed by atoms with Gasteiger partial charge in [-0.1, -0.05) is 24.3 Å². The number of aromatic nitrogens is 2. The number of rotatable bonds is 5. The molecule has 2 aromatic rings. The summed E-state index contributed by atoms with van der Waals surface area (Å²) in [6, 6.07) is 2.62. The zero-order chi connectivity index (χ0) is 23.7. The molecule has 1 aliphatic rings. The Balaban J connectivity index is 1.87. The Morgan fingerprint density at radius 3 is 2.69 bits per heavy atom. The number of carbonyl (C=O) groups is 1. The van der Waals surface area contributed by atoms with Gasteiger partial charge in [-0.2, -0.15) is 18.3 Å². The van der Waals surface area contributed by atoms with E-state index in [4.69, 9.17) is 16.3 Å². The van der Waals surface area contributed by atoms with E-state index in [0.717, 1.165) is 16.2 Å². The van der Waals surface area contributed by atoms with E-state index in [1.54, 1.807) is 29.1 Å². The van der Waals surface area contributed by atoms with Crippen LogP contribution in [0.5, 0.6) is 5.75 Å². The highest BCUT2D eigenvalue weighted by Gasteiger charge is 2.57. The van der Waals surface area contributed by atoms with Gasteiger partial charge in [-0.3, -0.25) is 4.68 Å². The molecule has 6 nitrogen and oxygen atoms in total. The molecule has 0 radical (unpaired) electrons. The number of nitrogens with one attached hydrogen (secondary N) is 2. The lowest BCUT2D eigenvalue weighted by atomic mass is 9.93. The molecule has 2 N–H and O–H groups in total. The monoisotopic (exact) mass is 532 g/mol. The number of hydrogen-bond acceptors (Lipinski definition) is 3. The molecule has 2 atom stereocenters. The minimum Gasteiger partial charge on any atom is -0.496 e. The van der Waals surface area contributed by atoms with Crippen LogP contribution in [0.1, 0.15) is 19.9 Å². The Kier molecular flexibility index (Phi) is 6.94. The van der Waals surface area contributed by atoms with Gasteiger partial charge < -0.3 is 15.4 Å². The molecular formula is C21H21BrClF3N4O2. The number of urea groups is 1. The van der Waals surface area contributed by atoms with Gasteiger partial charge in [0.2, 0.25) is 0 Å². The van der Waals surface area contributed by atoms with E-state index in [1.165, 1.54) is 25.3 Å². The molecule has 0 spiro atoms. The first-order chi connectivity index (χ1) is 15.0. The first-order valence-corrected chi connectivity index (χ1v) is 10.8. The molecule has 1 aliphatic carbocycles. The fraction of sp³-hybridized carbons (Fsp3) is 0.333. The van der Waals surface area contributed by atoms with Crippen LogP contribution in [0.25, 0.3) is 11.3 Å². The van der Waals surface area contributed by atoms with E-state index in [2.05, 4.69) is 31.7 Å². The summed E-state index contributed by atoms with van der Waals surface area (Å²) in [5.74, 6) is 0.538. The SMILES string of the molecule is COc1ccc(NC(=O)NC2C=CC=CC2(Cl)C(F)(F)F)cc1-c1c(Br)cnn1C(C)C. The molecule has 2 amide bonds. The highest BCUT2D eigenvalue weighted by atomic mass is 79.9. The fourth-order valence-corrected chi connectivity index (χ4v) is 3.99. The van der Waals surface area contributed by atoms with Crippen molar-refractivity contribution in [2.24, 2.45) is 0 Å². The Labute approximate surface area is 196 Å². The first kappa shape index (κ1) is 24.2. The number of anilines is 1. The summed E-state index contributed by atoms with van der Waals surface area (Å²) in [5.41, 5.74) is 1.73. The number of amides is 2. The van der Waals surface area contributed by atoms with Crippen LogP contribution in [-0.2, 0) is 0 Å². The summed E-state index contributed by atoms with van der Waals surface area (Å²) in [4.78, 5) is 9.79. The zero-order valence-electron chi connectivity index (χ0n) is 17.4. The van der Waals surface area contributed by atoms with E-state index in [1.807, 2.05) is 13.8 Å². The van der Waals surface area contributed by atoms with E-state index in [-0.39, 0.29) is 6.04 Å². The standard InChI is InChI=1S/C21H21BrClF3N4O2/c1-12(2)30-18(15(22)11-27-30)14-10-13(7-8-16(14)32-3)28-19(31)29-17-6-4-5-9-20(17,23)21(24,25)26/h4-12,17H,1-3H3,(H2,28,29,31). The van der Waals surface area contributed by atoms with E-state index in [0.29, 0.717) is 17.0 Å². The maximum absolute atomic E-state index is 13.5. The summed E-state index contributed by atoms with van der Waals surface area (Å²) in [7, 11) is 1.52. The van der Waals surface area contributed by atoms with Gasteiger partial charge in [-0.25, -0.2) is 4.79 Å². The predicted molar refractivity (Wildman–Crippen MR) is 121 cm³/mol. The number of allylic oxidation sites excluding steroid dienone is 2. The van der Waals surface area contributed by atoms with Crippen LogP contribution in [0.15, 0.2) is 53.2 Å². The normalized spacial score (nSPS) is 20.5. The van der Waals surface area contributed by atoms with Crippen molar-refractivity contribution < 1.29 is 22.7 Å². The van der Waals surface area contributed by atoms with Crippen LogP contribution in [0.4, 0.5) is 23.7 Å². The number of hydrogen-bond donors (Lipinski definition) is 2. The Morgan fingerprint density at radius 2 is 2.06 bits per heavy atom. The third kappa shape index (κ3) is 4.66. The highest BCUT2D eigenvalue weighted by Crippen LogP contribution is 2.42. The molecule has 32 heavy (non-hydrogen) atoms. The number of methoxy groups -OCH3 is 1. The third-order valence-electron chi connectivity index (χ3n) is 4.88. The summed E-state index contributed by atoms with van der Waals surface area (Å²) >= 11 is 9.31. The minimum absolute atomic E-state index is 0.0475. The van der Waals surface area contributed by atoms with Crippen molar-refractivity contribution in [1.29, 1.82) is 0 Å². The number of carbonyl (C=O) groups excluding carboxylic acids is 1. The molecule has 0 bridgehead atoms. The molecule has 1 heterocycles. The molecular weight excluding hydrogens is 513 g/mol. The molecule has 0 saturated heterocycles. The molecule has 0 aliphatic heterocycles. The van der Waals surface area contributed by atoms with Crippen molar-refractivity contribution >= 4 is 39.2 Å². The van der Waals surface area contributed by atoms with Gasteiger partial charge in [0, 0.05) is 17.3 Å². The summed E-state index contributed by atoms with van der Waals surface area (Å²) in [6.07, 6.45) is 1.49. The Bertz CT molecular complexity index is 1070. The van der Waals surface area contributed by atoms with Crippen molar-refractivity contribution in [3.05, 3.63) is 53.2 Å². The summed E-state index contributed by atoms with van der Waals surface area (Å²) in [5, 5.41) is 9.21. The molecule has 3 rings (SSSR count). The van der Waals surface area contributed by atoms with E-state index < -0.39 is 23.1 Å². The molecule has 1 aromatic heterocycles. The third-order valence-corrected chi connectivity index (χ3v) is 6.04. The van der Waals surface area contributed by atoms with Crippen LogP contribution in [-0.4, -0.2) is 40.0 Å². The van der Waals surface area contributed by atoms with Gasteiger partial charge in [0.1, 0.15) is 5.75 Å². The van der Waals surface area contributed by atoms with Gasteiger partial charge in [0.15, 0.2) is 4.87 Å². The number of nitrogens with zero attached hydrogens (tertiary/aromatic N) is 2. The summed E-state index contributed by atoms with van der Waals surface area (Å²) < 4.78 is 48.4. The predicted octanol–water partition coefficient (Wildman–Crippen LogP) is 6.06. The molecule has 0 saturated carbocycles. The smallest absolute Gasteiger partial charge is 0.413 e. The van der Waals surface area contributed by atoms with Crippen molar-refractivity contribution in [3.63, 3.8) is 0 Å². The second kappa shape index (κ2) is 9.19.